The summed E-state index contributed by atoms with van der Waals surface area (Å²) in [7, 11) is -0.378. The molecule has 0 aliphatic carbocycles. The Labute approximate surface area is 135 Å². The number of rotatable bonds is 4. The van der Waals surface area contributed by atoms with E-state index >= 15 is 0 Å². The lowest BCUT2D eigenvalue weighted by Crippen LogP contribution is -2.46. The van der Waals surface area contributed by atoms with Crippen LogP contribution < -0.4 is 10.1 Å². The SMILES string of the molecule is CNC1CCCN(S(=O)(=O)c2cc(Cl)c(OC)cc2Cl)C1. The zero-order valence-electron chi connectivity index (χ0n) is 11.9. The van der Waals surface area contributed by atoms with Crippen LogP contribution in [0.2, 0.25) is 10.0 Å². The molecule has 0 saturated carbocycles. The lowest BCUT2D eigenvalue weighted by molar-refractivity contribution is 0.293. The smallest absolute Gasteiger partial charge is 0.244 e. The summed E-state index contributed by atoms with van der Waals surface area (Å²) >= 11 is 12.1. The Bertz CT molecular complexity index is 622. The zero-order valence-corrected chi connectivity index (χ0v) is 14.2. The molecular weight excluding hydrogens is 335 g/mol. The molecular formula is C13H18Cl2N2O3S. The van der Waals surface area contributed by atoms with E-state index in [9.17, 15) is 8.42 Å². The maximum absolute atomic E-state index is 12.7. The minimum atomic E-state index is -3.66. The van der Waals surface area contributed by atoms with E-state index in [1.54, 1.807) is 0 Å². The average molecular weight is 353 g/mol. The molecule has 1 saturated heterocycles. The maximum atomic E-state index is 12.7. The lowest BCUT2D eigenvalue weighted by atomic mass is 10.1. The van der Waals surface area contributed by atoms with Crippen LogP contribution in [0.4, 0.5) is 0 Å². The molecule has 21 heavy (non-hydrogen) atoms. The third-order valence-electron chi connectivity index (χ3n) is 3.62. The normalized spacial score (nSPS) is 20.5. The number of hydrogen-bond donors (Lipinski definition) is 1. The highest BCUT2D eigenvalue weighted by Gasteiger charge is 2.31. The zero-order chi connectivity index (χ0) is 15.6. The van der Waals surface area contributed by atoms with Gasteiger partial charge in [0.15, 0.2) is 0 Å². The van der Waals surface area contributed by atoms with Crippen LogP contribution in [0.1, 0.15) is 12.8 Å². The van der Waals surface area contributed by atoms with Gasteiger partial charge in [-0.3, -0.25) is 0 Å². The monoisotopic (exact) mass is 352 g/mol. The molecule has 2 rings (SSSR count). The molecule has 0 amide bonds. The minimum absolute atomic E-state index is 0.0201. The molecule has 0 radical (unpaired) electrons. The van der Waals surface area contributed by atoms with Gasteiger partial charge in [-0.2, -0.15) is 4.31 Å². The second-order valence-corrected chi connectivity index (χ2v) is 7.63. The van der Waals surface area contributed by atoms with Gasteiger partial charge in [0.25, 0.3) is 0 Å². The fraction of sp³-hybridized carbons (Fsp3) is 0.538. The molecule has 0 spiro atoms. The third-order valence-corrected chi connectivity index (χ3v) is 6.24. The number of benzene rings is 1. The van der Waals surface area contributed by atoms with Crippen LogP contribution in [0.5, 0.6) is 5.75 Å². The minimum Gasteiger partial charge on any atom is -0.495 e. The van der Waals surface area contributed by atoms with E-state index in [0.29, 0.717) is 18.8 Å². The average Bonchev–Trinajstić information content (AvgIpc) is 2.49. The van der Waals surface area contributed by atoms with E-state index in [-0.39, 0.29) is 21.0 Å². The van der Waals surface area contributed by atoms with Crippen molar-refractivity contribution in [2.45, 2.75) is 23.8 Å². The largest absolute Gasteiger partial charge is 0.495 e. The number of piperidine rings is 1. The summed E-state index contributed by atoms with van der Waals surface area (Å²) in [5.74, 6) is 0.354. The number of hydrogen-bond acceptors (Lipinski definition) is 4. The number of halogens is 2. The second kappa shape index (κ2) is 6.71. The Balaban J connectivity index is 2.37. The van der Waals surface area contributed by atoms with Gasteiger partial charge in [-0.15, -0.1) is 0 Å². The Morgan fingerprint density at radius 2 is 2.05 bits per heavy atom. The van der Waals surface area contributed by atoms with E-state index in [0.717, 1.165) is 12.8 Å². The first-order valence-corrected chi connectivity index (χ1v) is 8.80. The fourth-order valence-electron chi connectivity index (χ4n) is 2.40. The summed E-state index contributed by atoms with van der Waals surface area (Å²) in [5, 5.41) is 3.45. The van der Waals surface area contributed by atoms with Gasteiger partial charge in [-0.25, -0.2) is 8.42 Å². The van der Waals surface area contributed by atoms with Crippen molar-refractivity contribution >= 4 is 33.2 Å². The number of nitrogens with one attached hydrogen (secondary N) is 1. The summed E-state index contributed by atoms with van der Waals surface area (Å²) in [4.78, 5) is 0.0201. The van der Waals surface area contributed by atoms with Crippen LogP contribution in [0.3, 0.4) is 0 Å². The first-order valence-electron chi connectivity index (χ1n) is 6.60. The number of ether oxygens (including phenoxy) is 1. The summed E-state index contributed by atoms with van der Waals surface area (Å²) in [5.41, 5.74) is 0. The molecule has 1 aromatic rings. The van der Waals surface area contributed by atoms with Crippen LogP contribution >= 0.6 is 23.2 Å². The van der Waals surface area contributed by atoms with Gasteiger partial charge in [-0.1, -0.05) is 23.2 Å². The molecule has 1 aliphatic rings. The van der Waals surface area contributed by atoms with Crippen molar-refractivity contribution in [2.24, 2.45) is 0 Å². The Morgan fingerprint density at radius 1 is 1.33 bits per heavy atom. The number of likely N-dealkylation sites (N-methyl/N-ethyl adjacent to an activating group) is 1. The molecule has 5 nitrogen and oxygen atoms in total. The molecule has 1 aromatic carbocycles. The van der Waals surface area contributed by atoms with Gasteiger partial charge >= 0.3 is 0 Å². The highest BCUT2D eigenvalue weighted by molar-refractivity contribution is 7.89. The van der Waals surface area contributed by atoms with Gasteiger partial charge < -0.3 is 10.1 Å². The van der Waals surface area contributed by atoms with Crippen LogP contribution in [-0.2, 0) is 10.0 Å². The van der Waals surface area contributed by atoms with Crippen LogP contribution in [0.15, 0.2) is 17.0 Å². The van der Waals surface area contributed by atoms with E-state index < -0.39 is 10.0 Å². The number of methoxy groups -OCH3 is 1. The molecule has 1 atom stereocenters. The summed E-state index contributed by atoms with van der Waals surface area (Å²) < 4.78 is 32.0. The summed E-state index contributed by atoms with van der Waals surface area (Å²) in [6.07, 6.45) is 1.77. The Hall–Kier alpha value is -0.530. The van der Waals surface area contributed by atoms with Crippen LogP contribution in [0, 0.1) is 0 Å². The first kappa shape index (κ1) is 16.8. The molecule has 0 bridgehead atoms. The molecule has 1 fully saturated rings. The molecule has 0 aromatic heterocycles. The predicted octanol–water partition coefficient (Wildman–Crippen LogP) is 2.37. The van der Waals surface area contributed by atoms with E-state index in [1.165, 1.54) is 23.5 Å². The van der Waals surface area contributed by atoms with Gasteiger partial charge in [0, 0.05) is 25.2 Å². The molecule has 118 valence electrons. The lowest BCUT2D eigenvalue weighted by Gasteiger charge is -2.32. The maximum Gasteiger partial charge on any atom is 0.244 e. The van der Waals surface area contributed by atoms with Gasteiger partial charge in [0.1, 0.15) is 10.6 Å². The van der Waals surface area contributed by atoms with Crippen molar-refractivity contribution in [3.63, 3.8) is 0 Å². The number of sulfonamides is 1. The fourth-order valence-corrected chi connectivity index (χ4v) is 4.75. The van der Waals surface area contributed by atoms with Crippen molar-refractivity contribution in [3.8, 4) is 5.75 Å². The quantitative estimate of drug-likeness (QED) is 0.903. The standard InChI is InChI=1S/C13H18Cl2N2O3S/c1-16-9-4-3-5-17(8-9)21(18,19)13-7-10(14)12(20-2)6-11(13)15/h6-7,9,16H,3-5,8H2,1-2H3. The Kier molecular flexibility index (Phi) is 5.38. The topological polar surface area (TPSA) is 58.6 Å². The van der Waals surface area contributed by atoms with E-state index in [2.05, 4.69) is 5.32 Å². The van der Waals surface area contributed by atoms with Crippen LogP contribution in [0.25, 0.3) is 0 Å². The van der Waals surface area contributed by atoms with Crippen molar-refractivity contribution in [2.75, 3.05) is 27.2 Å². The van der Waals surface area contributed by atoms with Gasteiger partial charge in [-0.05, 0) is 26.0 Å². The second-order valence-electron chi connectivity index (χ2n) is 4.91. The molecule has 1 N–H and O–H groups in total. The molecule has 1 aliphatic heterocycles. The van der Waals surface area contributed by atoms with Crippen molar-refractivity contribution in [1.29, 1.82) is 0 Å². The highest BCUT2D eigenvalue weighted by atomic mass is 35.5. The molecule has 1 unspecified atom stereocenters. The van der Waals surface area contributed by atoms with Crippen molar-refractivity contribution in [3.05, 3.63) is 22.2 Å². The Morgan fingerprint density at radius 3 is 2.67 bits per heavy atom. The van der Waals surface area contributed by atoms with Gasteiger partial charge in [0.05, 0.1) is 17.2 Å². The predicted molar refractivity (Wildman–Crippen MR) is 83.9 cm³/mol. The molecule has 1 heterocycles. The van der Waals surface area contributed by atoms with Crippen LogP contribution in [-0.4, -0.2) is 46.0 Å². The van der Waals surface area contributed by atoms with Crippen molar-refractivity contribution in [1.82, 2.24) is 9.62 Å². The van der Waals surface area contributed by atoms with E-state index in [4.69, 9.17) is 27.9 Å². The summed E-state index contributed by atoms with van der Waals surface area (Å²) in [6.45, 7) is 0.916. The molecule has 8 heteroatoms. The van der Waals surface area contributed by atoms with Gasteiger partial charge in [0.2, 0.25) is 10.0 Å². The highest BCUT2D eigenvalue weighted by Crippen LogP contribution is 2.35. The first-order chi connectivity index (χ1) is 9.90. The summed E-state index contributed by atoms with van der Waals surface area (Å²) in [6, 6.07) is 2.93. The third kappa shape index (κ3) is 3.46. The number of nitrogens with zero attached hydrogens (tertiary/aromatic N) is 1. The van der Waals surface area contributed by atoms with E-state index in [1.807, 2.05) is 7.05 Å². The van der Waals surface area contributed by atoms with Crippen molar-refractivity contribution < 1.29 is 13.2 Å².